The third kappa shape index (κ3) is 3.95. The maximum absolute atomic E-state index is 13.4. The van der Waals surface area contributed by atoms with Gasteiger partial charge < -0.3 is 15.0 Å². The molecule has 0 radical (unpaired) electrons. The summed E-state index contributed by atoms with van der Waals surface area (Å²) in [6.07, 6.45) is 7.20. The Labute approximate surface area is 201 Å². The first-order valence-corrected chi connectivity index (χ1v) is 12.2. The van der Waals surface area contributed by atoms with Crippen molar-refractivity contribution in [3.05, 3.63) is 52.9 Å². The molecule has 2 N–H and O–H groups in total. The number of piperidine rings is 1. The fourth-order valence-electron chi connectivity index (χ4n) is 5.58. The normalized spacial score (nSPS) is 26.5. The minimum absolute atomic E-state index is 0.0812. The molecule has 1 saturated carbocycles. The highest BCUT2D eigenvalue weighted by Crippen LogP contribution is 2.43. The van der Waals surface area contributed by atoms with E-state index >= 15 is 0 Å². The fraction of sp³-hybridized carbons (Fsp3) is 0.480. The lowest BCUT2D eigenvalue weighted by Crippen LogP contribution is -2.52. The molecular formula is C25H26FN5O4. The summed E-state index contributed by atoms with van der Waals surface area (Å²) in [5, 5.41) is 5.74. The van der Waals surface area contributed by atoms with E-state index in [1.807, 2.05) is 12.1 Å². The van der Waals surface area contributed by atoms with Gasteiger partial charge in [-0.2, -0.15) is 0 Å². The van der Waals surface area contributed by atoms with Gasteiger partial charge in [-0.15, -0.1) is 0 Å². The monoisotopic (exact) mass is 479 g/mol. The highest BCUT2D eigenvalue weighted by Gasteiger charge is 2.42. The molecule has 9 nitrogen and oxygen atoms in total. The number of carbonyl (C=O) groups excluding carboxylic acids is 3. The fourth-order valence-corrected chi connectivity index (χ4v) is 5.58. The molecule has 35 heavy (non-hydrogen) atoms. The van der Waals surface area contributed by atoms with Crippen molar-refractivity contribution in [1.29, 1.82) is 0 Å². The van der Waals surface area contributed by atoms with Crippen LogP contribution in [0, 0.1) is 5.82 Å². The molecule has 1 aromatic heterocycles. The van der Waals surface area contributed by atoms with Crippen molar-refractivity contribution in [2.75, 3.05) is 6.54 Å². The summed E-state index contributed by atoms with van der Waals surface area (Å²) in [6.45, 7) is 0.928. The van der Waals surface area contributed by atoms with E-state index in [0.29, 0.717) is 30.9 Å². The quantitative estimate of drug-likeness (QED) is 0.632. The largest absolute Gasteiger partial charge is 0.490 e. The van der Waals surface area contributed by atoms with Crippen LogP contribution in [0.5, 0.6) is 5.75 Å². The van der Waals surface area contributed by atoms with Gasteiger partial charge in [0, 0.05) is 36.7 Å². The zero-order valence-corrected chi connectivity index (χ0v) is 19.1. The standard InChI is InChI=1S/C25H26FN5O4/c26-14-9-28-23(29-10-14)18-11-27-22(18)17-8-16-13(7-20(17)35-15-3-1-2-4-15)12-31(25(16)34)19-5-6-21(32)30-24(19)33/h7-10,15,18-19,22,27H,1-6,11-12H2,(H,30,32,33). The van der Waals surface area contributed by atoms with Gasteiger partial charge >= 0.3 is 0 Å². The number of ether oxygens (including phenoxy) is 1. The lowest BCUT2D eigenvalue weighted by Gasteiger charge is -2.38. The van der Waals surface area contributed by atoms with E-state index in [2.05, 4.69) is 20.6 Å². The van der Waals surface area contributed by atoms with E-state index < -0.39 is 17.8 Å². The van der Waals surface area contributed by atoms with Crippen LogP contribution >= 0.6 is 0 Å². The van der Waals surface area contributed by atoms with Crippen molar-refractivity contribution in [2.24, 2.45) is 0 Å². The maximum atomic E-state index is 13.4. The molecule has 3 amide bonds. The number of aromatic nitrogens is 2. The van der Waals surface area contributed by atoms with Crippen LogP contribution in [0.4, 0.5) is 4.39 Å². The van der Waals surface area contributed by atoms with Crippen LogP contribution in [-0.4, -0.2) is 51.3 Å². The number of benzene rings is 1. The van der Waals surface area contributed by atoms with Gasteiger partial charge in [-0.3, -0.25) is 19.7 Å². The van der Waals surface area contributed by atoms with E-state index in [0.717, 1.165) is 55.0 Å². The van der Waals surface area contributed by atoms with E-state index in [1.165, 1.54) is 0 Å². The average molecular weight is 480 g/mol. The molecule has 3 unspecified atom stereocenters. The first kappa shape index (κ1) is 22.1. The Hall–Kier alpha value is -3.40. The van der Waals surface area contributed by atoms with E-state index in [4.69, 9.17) is 4.74 Å². The third-order valence-electron chi connectivity index (χ3n) is 7.52. The molecule has 3 fully saturated rings. The SMILES string of the molecule is O=C1CCC(N2Cc3cc(OC4CCCC4)c(C4NCC4c4ncc(F)cn4)cc3C2=O)C(=O)N1. The van der Waals surface area contributed by atoms with Gasteiger partial charge in [-0.05, 0) is 49.8 Å². The molecule has 182 valence electrons. The minimum Gasteiger partial charge on any atom is -0.490 e. The number of halogens is 1. The molecule has 1 aliphatic carbocycles. The van der Waals surface area contributed by atoms with Gasteiger partial charge in [-0.1, -0.05) is 0 Å². The van der Waals surface area contributed by atoms with Crippen molar-refractivity contribution in [3.63, 3.8) is 0 Å². The van der Waals surface area contributed by atoms with Crippen LogP contribution in [0.2, 0.25) is 0 Å². The molecule has 1 aromatic carbocycles. The van der Waals surface area contributed by atoms with E-state index in [1.54, 1.807) is 4.90 Å². The summed E-state index contributed by atoms with van der Waals surface area (Å²) in [6, 6.07) is 2.94. The molecule has 2 aromatic rings. The Morgan fingerprint density at radius 2 is 1.83 bits per heavy atom. The van der Waals surface area contributed by atoms with Crippen molar-refractivity contribution < 1.29 is 23.5 Å². The Kier molecular flexibility index (Phi) is 5.47. The van der Waals surface area contributed by atoms with Gasteiger partial charge in [0.1, 0.15) is 17.6 Å². The molecule has 4 heterocycles. The Morgan fingerprint density at radius 3 is 2.51 bits per heavy atom. The van der Waals surface area contributed by atoms with Gasteiger partial charge in [-0.25, -0.2) is 14.4 Å². The summed E-state index contributed by atoms with van der Waals surface area (Å²) < 4.78 is 19.8. The summed E-state index contributed by atoms with van der Waals surface area (Å²) in [7, 11) is 0. The highest BCUT2D eigenvalue weighted by molar-refractivity contribution is 6.05. The second kappa shape index (κ2) is 8.67. The summed E-state index contributed by atoms with van der Waals surface area (Å²) in [4.78, 5) is 47.3. The van der Waals surface area contributed by atoms with E-state index in [9.17, 15) is 18.8 Å². The Bertz CT molecular complexity index is 1200. The van der Waals surface area contributed by atoms with Crippen molar-refractivity contribution in [2.45, 2.75) is 69.2 Å². The van der Waals surface area contributed by atoms with Gasteiger partial charge in [0.25, 0.3) is 5.91 Å². The zero-order chi connectivity index (χ0) is 24.1. The number of hydrogen-bond acceptors (Lipinski definition) is 7. The molecule has 3 aliphatic heterocycles. The van der Waals surface area contributed by atoms with Crippen LogP contribution in [0.25, 0.3) is 0 Å². The number of nitrogens with zero attached hydrogens (tertiary/aromatic N) is 3. The Morgan fingerprint density at radius 1 is 1.06 bits per heavy atom. The lowest BCUT2D eigenvalue weighted by atomic mass is 9.83. The third-order valence-corrected chi connectivity index (χ3v) is 7.52. The lowest BCUT2D eigenvalue weighted by molar-refractivity contribution is -0.136. The Balaban J connectivity index is 1.33. The minimum atomic E-state index is -0.669. The van der Waals surface area contributed by atoms with Crippen molar-refractivity contribution >= 4 is 17.7 Å². The summed E-state index contributed by atoms with van der Waals surface area (Å²) >= 11 is 0. The number of rotatable bonds is 5. The first-order valence-electron chi connectivity index (χ1n) is 12.2. The van der Waals surface area contributed by atoms with Crippen LogP contribution in [0.15, 0.2) is 24.5 Å². The molecule has 6 rings (SSSR count). The van der Waals surface area contributed by atoms with Crippen molar-refractivity contribution in [1.82, 2.24) is 25.5 Å². The van der Waals surface area contributed by atoms with Gasteiger partial charge in [0.05, 0.1) is 24.4 Å². The van der Waals surface area contributed by atoms with Gasteiger partial charge in [0.15, 0.2) is 5.82 Å². The molecule has 0 bridgehead atoms. The molecule has 10 heteroatoms. The first-order chi connectivity index (χ1) is 17.0. The molecular weight excluding hydrogens is 453 g/mol. The number of carbonyl (C=O) groups is 3. The second-order valence-corrected chi connectivity index (χ2v) is 9.72. The van der Waals surface area contributed by atoms with E-state index in [-0.39, 0.29) is 36.3 Å². The second-order valence-electron chi connectivity index (χ2n) is 9.72. The average Bonchev–Trinajstić information content (AvgIpc) is 3.43. The smallest absolute Gasteiger partial charge is 0.255 e. The number of amides is 3. The summed E-state index contributed by atoms with van der Waals surface area (Å²) in [5.41, 5.74) is 2.19. The molecule has 2 saturated heterocycles. The predicted octanol–water partition coefficient (Wildman–Crippen LogP) is 2.13. The number of hydrogen-bond donors (Lipinski definition) is 2. The molecule has 3 atom stereocenters. The maximum Gasteiger partial charge on any atom is 0.255 e. The van der Waals surface area contributed by atoms with Crippen molar-refractivity contribution in [3.8, 4) is 5.75 Å². The topological polar surface area (TPSA) is 114 Å². The van der Waals surface area contributed by atoms with Crippen LogP contribution in [0.3, 0.4) is 0 Å². The number of imide groups is 1. The van der Waals surface area contributed by atoms with Crippen LogP contribution < -0.4 is 15.4 Å². The summed E-state index contributed by atoms with van der Waals surface area (Å²) in [5.74, 6) is -0.273. The molecule has 4 aliphatic rings. The van der Waals surface area contributed by atoms with Gasteiger partial charge in [0.2, 0.25) is 11.8 Å². The van der Waals surface area contributed by atoms with Crippen LogP contribution in [0.1, 0.15) is 77.8 Å². The molecule has 0 spiro atoms. The highest BCUT2D eigenvalue weighted by atomic mass is 19.1. The zero-order valence-electron chi connectivity index (χ0n) is 19.1. The predicted molar refractivity (Wildman–Crippen MR) is 121 cm³/mol. The van der Waals surface area contributed by atoms with Crippen LogP contribution in [-0.2, 0) is 16.1 Å². The number of fused-ring (bicyclic) bond motifs is 1. The number of nitrogens with one attached hydrogen (secondary N) is 2.